The standard InChI is InChI=1S/C14H12N4O4S/c1-3-17-11-7-9(18(20)21)4-5-12(11)23-14(17)15-13(19)10-6-8(2)22-16-10/h4-7H,3H2,1-2H3. The minimum absolute atomic E-state index is 0.00232. The fraction of sp³-hybridized carbons (Fsp3) is 0.214. The number of nitro groups is 1. The van der Waals surface area contributed by atoms with Crippen LogP contribution in [0.15, 0.2) is 33.8 Å². The number of carbonyl (C=O) groups excluding carboxylic acids is 1. The van der Waals surface area contributed by atoms with E-state index in [9.17, 15) is 14.9 Å². The first-order valence-electron chi connectivity index (χ1n) is 6.79. The van der Waals surface area contributed by atoms with Crippen LogP contribution in [-0.2, 0) is 6.54 Å². The Bertz CT molecular complexity index is 982. The smallest absolute Gasteiger partial charge is 0.301 e. The SMILES string of the molecule is CCn1c(=NC(=O)c2cc(C)on2)sc2ccc([N+](=O)[O-])cc21. The van der Waals surface area contributed by atoms with Gasteiger partial charge < -0.3 is 9.09 Å². The molecule has 0 bridgehead atoms. The number of aryl methyl sites for hydroxylation is 2. The Morgan fingerprint density at radius 2 is 2.26 bits per heavy atom. The van der Waals surface area contributed by atoms with Gasteiger partial charge in [0.25, 0.3) is 5.69 Å². The van der Waals surface area contributed by atoms with Crippen LogP contribution in [0.5, 0.6) is 0 Å². The van der Waals surface area contributed by atoms with Crippen LogP contribution in [-0.4, -0.2) is 20.6 Å². The van der Waals surface area contributed by atoms with Gasteiger partial charge in [0.1, 0.15) is 5.76 Å². The molecule has 1 amide bonds. The molecule has 23 heavy (non-hydrogen) atoms. The van der Waals surface area contributed by atoms with Crippen LogP contribution in [0.3, 0.4) is 0 Å². The number of fused-ring (bicyclic) bond motifs is 1. The van der Waals surface area contributed by atoms with Crippen LogP contribution >= 0.6 is 11.3 Å². The maximum absolute atomic E-state index is 12.1. The molecule has 0 aliphatic carbocycles. The summed E-state index contributed by atoms with van der Waals surface area (Å²) in [5.41, 5.74) is 0.811. The third kappa shape index (κ3) is 2.78. The highest BCUT2D eigenvalue weighted by atomic mass is 32.1. The monoisotopic (exact) mass is 332 g/mol. The lowest BCUT2D eigenvalue weighted by atomic mass is 10.3. The zero-order chi connectivity index (χ0) is 16.6. The highest BCUT2D eigenvalue weighted by Gasteiger charge is 2.14. The second kappa shape index (κ2) is 5.76. The van der Waals surface area contributed by atoms with E-state index >= 15 is 0 Å². The molecular weight excluding hydrogens is 320 g/mol. The van der Waals surface area contributed by atoms with Crippen LogP contribution < -0.4 is 4.80 Å². The lowest BCUT2D eigenvalue weighted by Crippen LogP contribution is -2.16. The maximum Gasteiger partial charge on any atom is 0.301 e. The van der Waals surface area contributed by atoms with E-state index < -0.39 is 10.8 Å². The van der Waals surface area contributed by atoms with Crippen molar-refractivity contribution in [2.75, 3.05) is 0 Å². The van der Waals surface area contributed by atoms with Crippen molar-refractivity contribution in [2.24, 2.45) is 4.99 Å². The minimum Gasteiger partial charge on any atom is -0.361 e. The molecule has 0 aliphatic rings. The predicted molar refractivity (Wildman–Crippen MR) is 83.3 cm³/mol. The van der Waals surface area contributed by atoms with E-state index in [0.29, 0.717) is 22.6 Å². The largest absolute Gasteiger partial charge is 0.361 e. The lowest BCUT2D eigenvalue weighted by molar-refractivity contribution is -0.384. The summed E-state index contributed by atoms with van der Waals surface area (Å²) in [4.78, 5) is 27.2. The zero-order valence-electron chi connectivity index (χ0n) is 12.3. The number of nitrogens with zero attached hydrogens (tertiary/aromatic N) is 4. The van der Waals surface area contributed by atoms with E-state index in [1.165, 1.54) is 29.5 Å². The average Bonchev–Trinajstić information content (AvgIpc) is 3.09. The fourth-order valence-corrected chi connectivity index (χ4v) is 3.25. The van der Waals surface area contributed by atoms with Gasteiger partial charge in [0.05, 0.1) is 15.1 Å². The molecule has 0 saturated heterocycles. The first kappa shape index (κ1) is 15.1. The molecule has 0 saturated carbocycles. The number of thiazole rings is 1. The van der Waals surface area contributed by atoms with Gasteiger partial charge in [-0.3, -0.25) is 14.9 Å². The summed E-state index contributed by atoms with van der Waals surface area (Å²) in [6, 6.07) is 6.10. The molecule has 1 aromatic carbocycles. The van der Waals surface area contributed by atoms with Gasteiger partial charge in [-0.1, -0.05) is 16.5 Å². The Kier molecular flexibility index (Phi) is 3.78. The van der Waals surface area contributed by atoms with Crippen molar-refractivity contribution in [2.45, 2.75) is 20.4 Å². The lowest BCUT2D eigenvalue weighted by Gasteiger charge is -1.99. The number of amides is 1. The van der Waals surface area contributed by atoms with Gasteiger partial charge in [0, 0.05) is 24.7 Å². The number of hydrogen-bond acceptors (Lipinski definition) is 6. The van der Waals surface area contributed by atoms with E-state index in [4.69, 9.17) is 4.52 Å². The van der Waals surface area contributed by atoms with Gasteiger partial charge in [0.15, 0.2) is 10.5 Å². The normalized spacial score (nSPS) is 12.0. The van der Waals surface area contributed by atoms with Crippen LogP contribution in [0, 0.1) is 17.0 Å². The van der Waals surface area contributed by atoms with Crippen molar-refractivity contribution in [1.82, 2.24) is 9.72 Å². The summed E-state index contributed by atoms with van der Waals surface area (Å²) in [5, 5.41) is 14.6. The Hall–Kier alpha value is -2.81. The number of rotatable bonds is 3. The average molecular weight is 332 g/mol. The summed E-state index contributed by atoms with van der Waals surface area (Å²) >= 11 is 1.29. The number of aromatic nitrogens is 2. The fourth-order valence-electron chi connectivity index (χ4n) is 2.17. The van der Waals surface area contributed by atoms with Crippen molar-refractivity contribution >= 4 is 33.1 Å². The van der Waals surface area contributed by atoms with Crippen molar-refractivity contribution in [3.63, 3.8) is 0 Å². The molecule has 0 N–H and O–H groups in total. The molecule has 0 atom stereocenters. The Morgan fingerprint density at radius 1 is 1.48 bits per heavy atom. The molecule has 2 aromatic heterocycles. The first-order chi connectivity index (χ1) is 11.0. The van der Waals surface area contributed by atoms with Gasteiger partial charge in [0.2, 0.25) is 0 Å². The summed E-state index contributed by atoms with van der Waals surface area (Å²) in [7, 11) is 0. The third-order valence-electron chi connectivity index (χ3n) is 3.24. The van der Waals surface area contributed by atoms with Gasteiger partial charge in [-0.25, -0.2) is 0 Å². The zero-order valence-corrected chi connectivity index (χ0v) is 13.2. The summed E-state index contributed by atoms with van der Waals surface area (Å²) in [6.45, 7) is 4.11. The van der Waals surface area contributed by atoms with Gasteiger partial charge >= 0.3 is 5.91 Å². The van der Waals surface area contributed by atoms with Crippen molar-refractivity contribution < 1.29 is 14.2 Å². The highest BCUT2D eigenvalue weighted by molar-refractivity contribution is 7.16. The number of benzene rings is 1. The number of nitro benzene ring substituents is 1. The molecule has 0 aliphatic heterocycles. The third-order valence-corrected chi connectivity index (χ3v) is 4.30. The number of hydrogen-bond donors (Lipinski definition) is 0. The summed E-state index contributed by atoms with van der Waals surface area (Å²) in [5.74, 6) is 0.0176. The molecule has 0 fully saturated rings. The molecule has 2 heterocycles. The van der Waals surface area contributed by atoms with Crippen molar-refractivity contribution in [1.29, 1.82) is 0 Å². The quantitative estimate of drug-likeness (QED) is 0.542. The second-order valence-corrected chi connectivity index (χ2v) is 5.79. The van der Waals surface area contributed by atoms with Gasteiger partial charge in [-0.2, -0.15) is 4.99 Å². The van der Waals surface area contributed by atoms with Crippen LogP contribution in [0.1, 0.15) is 23.2 Å². The second-order valence-electron chi connectivity index (χ2n) is 4.78. The van der Waals surface area contributed by atoms with Crippen LogP contribution in [0.4, 0.5) is 5.69 Å². The van der Waals surface area contributed by atoms with Gasteiger partial charge in [-0.15, -0.1) is 0 Å². The first-order valence-corrected chi connectivity index (χ1v) is 7.61. The van der Waals surface area contributed by atoms with Crippen LogP contribution in [0.25, 0.3) is 10.2 Å². The molecule has 3 aromatic rings. The molecular formula is C14H12N4O4S. The van der Waals surface area contributed by atoms with E-state index in [1.807, 2.05) is 6.92 Å². The highest BCUT2D eigenvalue weighted by Crippen LogP contribution is 2.23. The van der Waals surface area contributed by atoms with Crippen LogP contribution in [0.2, 0.25) is 0 Å². The molecule has 0 unspecified atom stereocenters. The molecule has 0 spiro atoms. The summed E-state index contributed by atoms with van der Waals surface area (Å²) in [6.07, 6.45) is 0. The topological polar surface area (TPSA) is 104 Å². The number of carbonyl (C=O) groups is 1. The van der Waals surface area contributed by atoms with Crippen molar-refractivity contribution in [3.8, 4) is 0 Å². The molecule has 0 radical (unpaired) electrons. The van der Waals surface area contributed by atoms with E-state index in [1.54, 1.807) is 17.6 Å². The Labute approximate surface area is 133 Å². The maximum atomic E-state index is 12.1. The van der Waals surface area contributed by atoms with E-state index in [0.717, 1.165) is 4.70 Å². The molecule has 3 rings (SSSR count). The van der Waals surface area contributed by atoms with E-state index in [-0.39, 0.29) is 11.4 Å². The Morgan fingerprint density at radius 3 is 2.87 bits per heavy atom. The van der Waals surface area contributed by atoms with Gasteiger partial charge in [-0.05, 0) is 19.9 Å². The molecule has 8 nitrogen and oxygen atoms in total. The molecule has 118 valence electrons. The Balaban J connectivity index is 2.15. The number of non-ortho nitro benzene ring substituents is 1. The predicted octanol–water partition coefficient (Wildman–Crippen LogP) is 2.67. The molecule has 9 heteroatoms. The van der Waals surface area contributed by atoms with Crippen molar-refractivity contribution in [3.05, 3.63) is 50.6 Å². The minimum atomic E-state index is -0.509. The van der Waals surface area contributed by atoms with E-state index in [2.05, 4.69) is 10.1 Å². The summed E-state index contributed by atoms with van der Waals surface area (Å²) < 4.78 is 7.45.